The van der Waals surface area contributed by atoms with Gasteiger partial charge in [0.25, 0.3) is 0 Å². The van der Waals surface area contributed by atoms with Gasteiger partial charge in [-0.2, -0.15) is 8.78 Å². The summed E-state index contributed by atoms with van der Waals surface area (Å²) < 4.78 is 48.5. The molecule has 2 N–H and O–H groups in total. The number of benzene rings is 1. The van der Waals surface area contributed by atoms with Gasteiger partial charge in [0, 0.05) is 6.04 Å². The smallest absolute Gasteiger partial charge is 0.341 e. The Hall–Kier alpha value is -1.70. The Labute approximate surface area is 122 Å². The number of rotatable bonds is 6. The first-order valence-corrected chi connectivity index (χ1v) is 7.89. The quantitative estimate of drug-likeness (QED) is 0.841. The molecule has 1 aromatic rings. The molecule has 0 heterocycles. The first kappa shape index (κ1) is 17.4. The third kappa shape index (κ3) is 4.38. The van der Waals surface area contributed by atoms with Crippen molar-refractivity contribution in [2.75, 3.05) is 5.32 Å². The number of nitrogens with one attached hydrogen (secondary N) is 2. The van der Waals surface area contributed by atoms with E-state index in [4.69, 9.17) is 0 Å². The number of hydrogen-bond acceptors (Lipinski definition) is 4. The van der Waals surface area contributed by atoms with Crippen LogP contribution in [0.15, 0.2) is 29.2 Å². The molecule has 1 aromatic carbocycles. The van der Waals surface area contributed by atoms with Crippen molar-refractivity contribution in [1.82, 2.24) is 5.32 Å². The molecule has 5 nitrogen and oxygen atoms in total. The Morgan fingerprint density at radius 1 is 1.14 bits per heavy atom. The molecule has 1 rings (SSSR count). The fourth-order valence-corrected chi connectivity index (χ4v) is 2.53. The molecule has 118 valence electrons. The lowest BCUT2D eigenvalue weighted by atomic mass is 10.2. The number of halogens is 2. The topological polar surface area (TPSA) is 75.3 Å². The zero-order valence-corrected chi connectivity index (χ0v) is 12.7. The lowest BCUT2D eigenvalue weighted by Crippen LogP contribution is -2.41. The van der Waals surface area contributed by atoms with Crippen LogP contribution in [0.25, 0.3) is 0 Å². The minimum absolute atomic E-state index is 0.0239. The molecule has 8 heteroatoms. The Morgan fingerprint density at radius 2 is 1.71 bits per heavy atom. The van der Waals surface area contributed by atoms with Gasteiger partial charge in [-0.15, -0.1) is 0 Å². The minimum Gasteiger partial charge on any atom is -0.373 e. The van der Waals surface area contributed by atoms with E-state index >= 15 is 0 Å². The normalized spacial score (nSPS) is 13.3. The number of para-hydroxylation sites is 1. The van der Waals surface area contributed by atoms with Crippen LogP contribution in [0.3, 0.4) is 0 Å². The predicted molar refractivity (Wildman–Crippen MR) is 76.0 cm³/mol. The van der Waals surface area contributed by atoms with Gasteiger partial charge in [-0.1, -0.05) is 12.1 Å². The van der Waals surface area contributed by atoms with E-state index in [0.717, 1.165) is 6.07 Å². The van der Waals surface area contributed by atoms with Crippen molar-refractivity contribution in [3.05, 3.63) is 24.3 Å². The molecule has 0 fully saturated rings. The van der Waals surface area contributed by atoms with Crippen LogP contribution in [0.5, 0.6) is 0 Å². The maximum Gasteiger partial charge on any atom is 0.341 e. The van der Waals surface area contributed by atoms with Crippen LogP contribution in [-0.2, 0) is 14.6 Å². The molecule has 0 aromatic heterocycles. The summed E-state index contributed by atoms with van der Waals surface area (Å²) in [5.41, 5.74) is -0.0239. The van der Waals surface area contributed by atoms with Gasteiger partial charge in [0.15, 0.2) is 0 Å². The van der Waals surface area contributed by atoms with E-state index in [-0.39, 0.29) is 17.6 Å². The Morgan fingerprint density at radius 3 is 2.24 bits per heavy atom. The van der Waals surface area contributed by atoms with Crippen LogP contribution in [0, 0.1) is 0 Å². The largest absolute Gasteiger partial charge is 0.373 e. The number of carbonyl (C=O) groups excluding carboxylic acids is 1. The molecule has 1 unspecified atom stereocenters. The van der Waals surface area contributed by atoms with Crippen molar-refractivity contribution in [3.8, 4) is 0 Å². The van der Waals surface area contributed by atoms with Crippen molar-refractivity contribution >= 4 is 21.4 Å². The molecule has 0 saturated carbocycles. The molecular formula is C13H18F2N2O3S. The van der Waals surface area contributed by atoms with Crippen LogP contribution < -0.4 is 10.6 Å². The van der Waals surface area contributed by atoms with Crippen molar-refractivity contribution in [2.24, 2.45) is 0 Å². The first-order chi connectivity index (χ1) is 9.66. The molecule has 0 spiro atoms. The summed E-state index contributed by atoms with van der Waals surface area (Å²) in [6.07, 6.45) is 0. The fourth-order valence-electron chi connectivity index (χ4n) is 1.64. The highest BCUT2D eigenvalue weighted by Gasteiger charge is 2.29. The molecule has 0 radical (unpaired) electrons. The minimum atomic E-state index is -4.73. The van der Waals surface area contributed by atoms with Gasteiger partial charge in [-0.3, -0.25) is 4.79 Å². The number of alkyl halides is 2. The summed E-state index contributed by atoms with van der Waals surface area (Å²) in [6.45, 7) is 5.07. The molecule has 0 saturated heterocycles. The monoisotopic (exact) mass is 320 g/mol. The van der Waals surface area contributed by atoms with Crippen LogP contribution in [-0.4, -0.2) is 32.2 Å². The third-order valence-electron chi connectivity index (χ3n) is 2.62. The predicted octanol–water partition coefficient (Wildman–Crippen LogP) is 2.01. The van der Waals surface area contributed by atoms with E-state index < -0.39 is 26.5 Å². The van der Waals surface area contributed by atoms with Gasteiger partial charge in [0.2, 0.25) is 15.7 Å². The second-order valence-corrected chi connectivity index (χ2v) is 6.72. The van der Waals surface area contributed by atoms with Gasteiger partial charge in [-0.25, -0.2) is 8.42 Å². The Bertz CT molecular complexity index is 603. The van der Waals surface area contributed by atoms with Crippen LogP contribution in [0.4, 0.5) is 14.5 Å². The summed E-state index contributed by atoms with van der Waals surface area (Å²) in [6, 6.07) is 4.42. The summed E-state index contributed by atoms with van der Waals surface area (Å²) in [5.74, 6) is -3.87. The molecule has 0 aliphatic heterocycles. The van der Waals surface area contributed by atoms with Crippen molar-refractivity contribution in [1.29, 1.82) is 0 Å². The zero-order chi connectivity index (χ0) is 16.2. The standard InChI is InChI=1S/C13H18F2N2O3S/c1-8(2)16-12(18)9(3)17-10-6-4-5-7-11(10)21(19,20)13(14)15/h4-9,13,17H,1-3H3,(H,16,18). The second kappa shape index (κ2) is 6.84. The van der Waals surface area contributed by atoms with Crippen molar-refractivity contribution in [2.45, 2.75) is 43.5 Å². The van der Waals surface area contributed by atoms with E-state index in [0.29, 0.717) is 0 Å². The number of carbonyl (C=O) groups is 1. The summed E-state index contributed by atoms with van der Waals surface area (Å²) in [7, 11) is -4.73. The molecule has 1 amide bonds. The zero-order valence-electron chi connectivity index (χ0n) is 11.9. The first-order valence-electron chi connectivity index (χ1n) is 6.34. The van der Waals surface area contributed by atoms with Crippen LogP contribution in [0.2, 0.25) is 0 Å². The van der Waals surface area contributed by atoms with E-state index in [1.54, 1.807) is 13.8 Å². The highest BCUT2D eigenvalue weighted by molar-refractivity contribution is 7.91. The van der Waals surface area contributed by atoms with Gasteiger partial charge in [0.1, 0.15) is 6.04 Å². The molecule has 1 atom stereocenters. The lowest BCUT2D eigenvalue weighted by molar-refractivity contribution is -0.122. The molecule has 0 aliphatic rings. The summed E-state index contributed by atoms with van der Waals surface area (Å²) in [5, 5.41) is 5.30. The van der Waals surface area contributed by atoms with Gasteiger partial charge >= 0.3 is 5.76 Å². The third-order valence-corrected chi connectivity index (χ3v) is 4.06. The molecular weight excluding hydrogens is 302 g/mol. The number of sulfone groups is 1. The highest BCUT2D eigenvalue weighted by atomic mass is 32.2. The Balaban J connectivity index is 3.03. The second-order valence-electron chi connectivity index (χ2n) is 4.83. The molecule has 0 bridgehead atoms. The maximum absolute atomic E-state index is 12.7. The van der Waals surface area contributed by atoms with Crippen molar-refractivity contribution < 1.29 is 22.0 Å². The van der Waals surface area contributed by atoms with Gasteiger partial charge < -0.3 is 10.6 Å². The summed E-state index contributed by atoms with van der Waals surface area (Å²) >= 11 is 0. The average Bonchev–Trinajstić information content (AvgIpc) is 2.38. The van der Waals surface area contributed by atoms with Crippen LogP contribution >= 0.6 is 0 Å². The fraction of sp³-hybridized carbons (Fsp3) is 0.462. The van der Waals surface area contributed by atoms with Gasteiger partial charge in [-0.05, 0) is 32.9 Å². The van der Waals surface area contributed by atoms with E-state index in [9.17, 15) is 22.0 Å². The van der Waals surface area contributed by atoms with E-state index in [1.807, 2.05) is 0 Å². The number of hydrogen-bond donors (Lipinski definition) is 2. The SMILES string of the molecule is CC(C)NC(=O)C(C)Nc1ccccc1S(=O)(=O)C(F)F. The molecule has 21 heavy (non-hydrogen) atoms. The summed E-state index contributed by atoms with van der Waals surface area (Å²) in [4.78, 5) is 11.3. The highest BCUT2D eigenvalue weighted by Crippen LogP contribution is 2.26. The number of anilines is 1. The maximum atomic E-state index is 12.7. The van der Waals surface area contributed by atoms with Crippen molar-refractivity contribution in [3.63, 3.8) is 0 Å². The average molecular weight is 320 g/mol. The molecule has 0 aliphatic carbocycles. The Kier molecular flexibility index (Phi) is 5.65. The van der Waals surface area contributed by atoms with Gasteiger partial charge in [0.05, 0.1) is 10.6 Å². The van der Waals surface area contributed by atoms with E-state index in [1.165, 1.54) is 25.1 Å². The van der Waals surface area contributed by atoms with E-state index in [2.05, 4.69) is 10.6 Å². The van der Waals surface area contributed by atoms with Crippen LogP contribution in [0.1, 0.15) is 20.8 Å². The lowest BCUT2D eigenvalue weighted by Gasteiger charge is -2.19. The number of amides is 1.